The van der Waals surface area contributed by atoms with Gasteiger partial charge in [-0.15, -0.1) is 0 Å². The molecule has 1 aromatic carbocycles. The van der Waals surface area contributed by atoms with E-state index in [-0.39, 0.29) is 12.5 Å². The van der Waals surface area contributed by atoms with Crippen molar-refractivity contribution in [2.75, 3.05) is 0 Å². The average Bonchev–Trinajstić information content (AvgIpc) is 2.18. The summed E-state index contributed by atoms with van der Waals surface area (Å²) >= 11 is 0. The summed E-state index contributed by atoms with van der Waals surface area (Å²) in [6, 6.07) is 8.72. The fourth-order valence-corrected chi connectivity index (χ4v) is 0.668. The van der Waals surface area contributed by atoms with Crippen molar-refractivity contribution in [3.63, 3.8) is 0 Å². The molecule has 1 rings (SSSR count). The van der Waals surface area contributed by atoms with Gasteiger partial charge in [0, 0.05) is 6.94 Å². The zero-order valence-electron chi connectivity index (χ0n) is 7.62. The first kappa shape index (κ1) is 7.10. The molecule has 0 N–H and O–H groups in total. The normalized spacial score (nSPS) is 10.2. The molecule has 0 heterocycles. The first-order valence-electron chi connectivity index (χ1n) is 4.19. The number of carbonyl (C=O) groups is 1. The molecule has 0 amide bonds. The fourth-order valence-electron chi connectivity index (χ4n) is 0.668. The standard InChI is InChI=1S/C10H10O2/c1-8(2)10(11)12-9-6-4-3-5-7-9/h3-7H,1H2,2H3/i2D. The molecule has 0 atom stereocenters. The molecule has 0 fully saturated rings. The third kappa shape index (κ3) is 2.23. The van der Waals surface area contributed by atoms with E-state index < -0.39 is 5.97 Å². The summed E-state index contributed by atoms with van der Waals surface area (Å²) in [5, 5.41) is 0. The second-order valence-electron chi connectivity index (χ2n) is 2.31. The molecule has 0 radical (unpaired) electrons. The van der Waals surface area contributed by atoms with Gasteiger partial charge in [-0.2, -0.15) is 0 Å². The minimum atomic E-state index is -0.541. The van der Waals surface area contributed by atoms with Crippen LogP contribution in [0.25, 0.3) is 0 Å². The van der Waals surface area contributed by atoms with Gasteiger partial charge >= 0.3 is 5.97 Å². The number of ether oxygens (including phenoxy) is 1. The summed E-state index contributed by atoms with van der Waals surface area (Å²) in [7, 11) is 0. The lowest BCUT2D eigenvalue weighted by atomic mass is 10.3. The second-order valence-corrected chi connectivity index (χ2v) is 2.31. The third-order valence-corrected chi connectivity index (χ3v) is 1.24. The van der Waals surface area contributed by atoms with Crippen LogP contribution in [0.5, 0.6) is 5.75 Å². The minimum absolute atomic E-state index is 0.133. The Kier molecular flexibility index (Phi) is 2.20. The summed E-state index contributed by atoms with van der Waals surface area (Å²) in [4.78, 5) is 11.1. The van der Waals surface area contributed by atoms with Crippen LogP contribution < -0.4 is 4.74 Å². The highest BCUT2D eigenvalue weighted by molar-refractivity contribution is 5.88. The van der Waals surface area contributed by atoms with Crippen molar-refractivity contribution in [1.29, 1.82) is 0 Å². The zero-order valence-corrected chi connectivity index (χ0v) is 6.62. The van der Waals surface area contributed by atoms with Crippen LogP contribution in [-0.2, 0) is 4.79 Å². The lowest BCUT2D eigenvalue weighted by Gasteiger charge is -2.01. The Morgan fingerprint density at radius 3 is 2.75 bits per heavy atom. The second kappa shape index (κ2) is 3.72. The van der Waals surface area contributed by atoms with Crippen molar-refractivity contribution in [3.05, 3.63) is 42.5 Å². The maximum atomic E-state index is 11.1. The highest BCUT2D eigenvalue weighted by Crippen LogP contribution is 2.09. The van der Waals surface area contributed by atoms with E-state index in [9.17, 15) is 4.79 Å². The molecule has 0 aliphatic heterocycles. The summed E-state index contributed by atoms with van der Waals surface area (Å²) < 4.78 is 11.8. The van der Waals surface area contributed by atoms with Crippen molar-refractivity contribution >= 4 is 5.97 Å². The predicted octanol–water partition coefficient (Wildman–Crippen LogP) is 2.17. The Bertz CT molecular complexity index is 306. The van der Waals surface area contributed by atoms with E-state index in [0.717, 1.165) is 0 Å². The van der Waals surface area contributed by atoms with E-state index in [2.05, 4.69) is 6.58 Å². The Labute approximate surface area is 72.9 Å². The predicted molar refractivity (Wildman–Crippen MR) is 46.9 cm³/mol. The fraction of sp³-hybridized carbons (Fsp3) is 0.100. The van der Waals surface area contributed by atoms with Gasteiger partial charge in [0.2, 0.25) is 0 Å². The molecule has 62 valence electrons. The van der Waals surface area contributed by atoms with Gasteiger partial charge in [0.15, 0.2) is 0 Å². The molecule has 0 unspecified atom stereocenters. The lowest BCUT2D eigenvalue weighted by Crippen LogP contribution is -2.07. The van der Waals surface area contributed by atoms with Gasteiger partial charge in [0.1, 0.15) is 5.75 Å². The molecule has 2 heteroatoms. The van der Waals surface area contributed by atoms with Gasteiger partial charge < -0.3 is 4.74 Å². The van der Waals surface area contributed by atoms with Crippen LogP contribution in [0, 0.1) is 0 Å². The van der Waals surface area contributed by atoms with Crippen molar-refractivity contribution in [2.24, 2.45) is 0 Å². The first-order chi connectivity index (χ1) is 6.24. The van der Waals surface area contributed by atoms with Crippen molar-refractivity contribution in [3.8, 4) is 5.75 Å². The van der Waals surface area contributed by atoms with Gasteiger partial charge in [0.25, 0.3) is 0 Å². The van der Waals surface area contributed by atoms with Crippen LogP contribution in [0.1, 0.15) is 8.27 Å². The molecule has 0 aliphatic carbocycles. The van der Waals surface area contributed by atoms with E-state index in [0.29, 0.717) is 5.75 Å². The summed E-state index contributed by atoms with van der Waals surface area (Å²) in [5.74, 6) is -0.0664. The number of hydrogen-bond donors (Lipinski definition) is 0. The van der Waals surface area contributed by atoms with Gasteiger partial charge in [0.05, 0.1) is 0 Å². The Hall–Kier alpha value is -1.57. The molecule has 0 bridgehead atoms. The van der Waals surface area contributed by atoms with Crippen LogP contribution in [0.3, 0.4) is 0 Å². The van der Waals surface area contributed by atoms with Gasteiger partial charge in [-0.3, -0.25) is 0 Å². The van der Waals surface area contributed by atoms with Crippen LogP contribution in [0.15, 0.2) is 42.5 Å². The lowest BCUT2D eigenvalue weighted by molar-refractivity contribution is -0.130. The average molecular weight is 163 g/mol. The van der Waals surface area contributed by atoms with E-state index in [4.69, 9.17) is 6.11 Å². The Morgan fingerprint density at radius 1 is 1.50 bits per heavy atom. The number of esters is 1. The summed E-state index contributed by atoms with van der Waals surface area (Å²) in [5.41, 5.74) is 0.156. The third-order valence-electron chi connectivity index (χ3n) is 1.24. The van der Waals surface area contributed by atoms with Crippen molar-refractivity contribution in [2.45, 2.75) is 6.90 Å². The van der Waals surface area contributed by atoms with Crippen LogP contribution in [-0.4, -0.2) is 5.97 Å². The highest BCUT2D eigenvalue weighted by Gasteiger charge is 2.03. The SMILES string of the molecule is [2H]CC(=C)C(=O)Oc1ccccc1. The summed E-state index contributed by atoms with van der Waals surface area (Å²) in [6.45, 7) is 3.27. The number of hydrogen-bond acceptors (Lipinski definition) is 2. The topological polar surface area (TPSA) is 26.3 Å². The molecule has 0 saturated heterocycles. The Morgan fingerprint density at radius 2 is 2.17 bits per heavy atom. The van der Waals surface area contributed by atoms with Gasteiger partial charge in [-0.1, -0.05) is 24.8 Å². The van der Waals surface area contributed by atoms with E-state index >= 15 is 0 Å². The highest BCUT2D eigenvalue weighted by atomic mass is 16.5. The molecule has 2 nitrogen and oxygen atoms in total. The van der Waals surface area contributed by atoms with Crippen molar-refractivity contribution in [1.82, 2.24) is 0 Å². The monoisotopic (exact) mass is 163 g/mol. The number of rotatable bonds is 2. The minimum Gasteiger partial charge on any atom is -0.423 e. The maximum absolute atomic E-state index is 11.1. The molecule has 0 saturated carbocycles. The number of benzene rings is 1. The number of carbonyl (C=O) groups excluding carboxylic acids is 1. The molecule has 0 spiro atoms. The molecule has 1 aromatic rings. The van der Waals surface area contributed by atoms with E-state index in [1.54, 1.807) is 24.3 Å². The van der Waals surface area contributed by atoms with Crippen LogP contribution >= 0.6 is 0 Å². The van der Waals surface area contributed by atoms with Crippen molar-refractivity contribution < 1.29 is 10.9 Å². The van der Waals surface area contributed by atoms with E-state index in [1.165, 1.54) is 0 Å². The zero-order chi connectivity index (χ0) is 9.68. The van der Waals surface area contributed by atoms with Gasteiger partial charge in [-0.25, -0.2) is 4.79 Å². The van der Waals surface area contributed by atoms with Gasteiger partial charge in [-0.05, 0) is 19.0 Å². The van der Waals surface area contributed by atoms with Crippen LogP contribution in [0.4, 0.5) is 0 Å². The molecule has 0 aromatic heterocycles. The summed E-state index contributed by atoms with van der Waals surface area (Å²) in [6.07, 6.45) is 0. The molecular formula is C10H10O2. The van der Waals surface area contributed by atoms with E-state index in [1.807, 2.05) is 6.07 Å². The molecular weight excluding hydrogens is 152 g/mol. The Balaban J connectivity index is 2.60. The maximum Gasteiger partial charge on any atom is 0.338 e. The smallest absolute Gasteiger partial charge is 0.338 e. The molecule has 0 aliphatic rings. The largest absolute Gasteiger partial charge is 0.423 e. The molecule has 12 heavy (non-hydrogen) atoms. The quantitative estimate of drug-likeness (QED) is 0.379. The first-order valence-corrected chi connectivity index (χ1v) is 3.48. The van der Waals surface area contributed by atoms with Crippen LogP contribution in [0.2, 0.25) is 0 Å². The number of para-hydroxylation sites is 1.